The molecule has 0 bridgehead atoms. The van der Waals surface area contributed by atoms with Gasteiger partial charge in [-0.2, -0.15) is 0 Å². The first-order valence-corrected chi connectivity index (χ1v) is 10.3. The number of carbonyl (C=O) groups is 1. The van der Waals surface area contributed by atoms with Crippen LogP contribution in [0.2, 0.25) is 0 Å². The lowest BCUT2D eigenvalue weighted by atomic mass is 9.95. The topological polar surface area (TPSA) is 91.6 Å². The molecule has 8 nitrogen and oxygen atoms in total. The molecule has 168 valence electrons. The largest absolute Gasteiger partial charge is 0.490 e. The SMILES string of the molecule is CCOc1ccc(C(NC(=O)/C=C/c2cn(C)c(=O)n(C)c2=O)C(C)C)cc1OCC. The number of nitrogens with zero attached hydrogens (tertiary/aromatic N) is 2. The first-order chi connectivity index (χ1) is 14.7. The van der Waals surface area contributed by atoms with Crippen LogP contribution in [0.4, 0.5) is 0 Å². The fourth-order valence-corrected chi connectivity index (χ4v) is 3.21. The molecular weight excluding hydrogens is 398 g/mol. The number of benzene rings is 1. The fraction of sp³-hybridized carbons (Fsp3) is 0.435. The Balaban J connectivity index is 2.27. The van der Waals surface area contributed by atoms with E-state index in [2.05, 4.69) is 5.32 Å². The molecule has 0 spiro atoms. The maximum absolute atomic E-state index is 12.6. The molecule has 1 aromatic heterocycles. The van der Waals surface area contributed by atoms with Gasteiger partial charge in [0.05, 0.1) is 24.8 Å². The van der Waals surface area contributed by atoms with E-state index >= 15 is 0 Å². The Morgan fingerprint density at radius 2 is 1.74 bits per heavy atom. The molecule has 0 fully saturated rings. The number of hydrogen-bond acceptors (Lipinski definition) is 5. The van der Waals surface area contributed by atoms with Gasteiger partial charge in [0.1, 0.15) is 0 Å². The van der Waals surface area contributed by atoms with Crippen LogP contribution in [0.5, 0.6) is 11.5 Å². The van der Waals surface area contributed by atoms with Crippen LogP contribution in [-0.4, -0.2) is 28.3 Å². The summed E-state index contributed by atoms with van der Waals surface area (Å²) in [5.41, 5.74) is 0.259. The van der Waals surface area contributed by atoms with Gasteiger partial charge in [-0.3, -0.25) is 14.2 Å². The molecule has 8 heteroatoms. The van der Waals surface area contributed by atoms with Gasteiger partial charge in [-0.15, -0.1) is 0 Å². The standard InChI is InChI=1S/C23H31N3O5/c1-7-30-18-11-9-16(13-19(18)31-8-2)21(15(3)4)24-20(27)12-10-17-14-25(5)23(29)26(6)22(17)28/h9-15,21H,7-8H2,1-6H3,(H,24,27)/b12-10+. The lowest BCUT2D eigenvalue weighted by Crippen LogP contribution is -2.37. The van der Waals surface area contributed by atoms with Crippen molar-refractivity contribution < 1.29 is 14.3 Å². The zero-order chi connectivity index (χ0) is 23.1. The van der Waals surface area contributed by atoms with Crippen molar-refractivity contribution in [3.8, 4) is 11.5 Å². The minimum absolute atomic E-state index is 0.107. The summed E-state index contributed by atoms with van der Waals surface area (Å²) >= 11 is 0. The highest BCUT2D eigenvalue weighted by atomic mass is 16.5. The molecule has 0 saturated carbocycles. The summed E-state index contributed by atoms with van der Waals surface area (Å²) in [5.74, 6) is 1.05. The van der Waals surface area contributed by atoms with E-state index in [0.29, 0.717) is 24.7 Å². The Hall–Kier alpha value is -3.29. The van der Waals surface area contributed by atoms with Gasteiger partial charge in [0, 0.05) is 26.4 Å². The third kappa shape index (κ3) is 5.87. The Labute approximate surface area is 182 Å². The summed E-state index contributed by atoms with van der Waals surface area (Å²) in [6.45, 7) is 8.85. The number of hydrogen-bond donors (Lipinski definition) is 1. The minimum atomic E-state index is -0.458. The van der Waals surface area contributed by atoms with Gasteiger partial charge in [-0.25, -0.2) is 4.79 Å². The van der Waals surface area contributed by atoms with E-state index in [4.69, 9.17) is 9.47 Å². The first-order valence-electron chi connectivity index (χ1n) is 10.3. The zero-order valence-electron chi connectivity index (χ0n) is 19.0. The number of rotatable bonds is 9. The van der Waals surface area contributed by atoms with Crippen LogP contribution in [0.1, 0.15) is 44.9 Å². The molecule has 1 N–H and O–H groups in total. The molecule has 0 aliphatic heterocycles. The second-order valence-electron chi connectivity index (χ2n) is 7.48. The van der Waals surface area contributed by atoms with Crippen LogP contribution in [0.25, 0.3) is 6.08 Å². The highest BCUT2D eigenvalue weighted by Gasteiger charge is 2.19. The lowest BCUT2D eigenvalue weighted by molar-refractivity contribution is -0.117. The Bertz CT molecular complexity index is 1070. The summed E-state index contributed by atoms with van der Waals surface area (Å²) in [6, 6.07) is 5.36. The zero-order valence-corrected chi connectivity index (χ0v) is 19.0. The van der Waals surface area contributed by atoms with Crippen molar-refractivity contribution in [1.82, 2.24) is 14.5 Å². The monoisotopic (exact) mass is 429 g/mol. The Morgan fingerprint density at radius 3 is 2.35 bits per heavy atom. The van der Waals surface area contributed by atoms with Crippen LogP contribution in [0.3, 0.4) is 0 Å². The summed E-state index contributed by atoms with van der Waals surface area (Å²) in [7, 11) is 2.95. The molecule has 1 atom stereocenters. The molecule has 0 radical (unpaired) electrons. The number of aromatic nitrogens is 2. The molecule has 31 heavy (non-hydrogen) atoms. The molecule has 1 amide bonds. The Morgan fingerprint density at radius 1 is 1.10 bits per heavy atom. The number of ether oxygens (including phenoxy) is 2. The number of nitrogens with one attached hydrogen (secondary N) is 1. The molecule has 1 aromatic carbocycles. The molecule has 0 aliphatic carbocycles. The summed E-state index contributed by atoms with van der Waals surface area (Å²) in [4.78, 5) is 36.6. The number of carbonyl (C=O) groups excluding carboxylic acids is 1. The van der Waals surface area contributed by atoms with E-state index in [-0.39, 0.29) is 23.4 Å². The molecule has 1 unspecified atom stereocenters. The number of aryl methyl sites for hydroxylation is 1. The molecule has 2 rings (SSSR count). The summed E-state index contributed by atoms with van der Waals surface area (Å²) in [6.07, 6.45) is 4.13. The van der Waals surface area contributed by atoms with Crippen LogP contribution >= 0.6 is 0 Å². The second kappa shape index (κ2) is 10.7. The van der Waals surface area contributed by atoms with Crippen molar-refractivity contribution >= 4 is 12.0 Å². The smallest absolute Gasteiger partial charge is 0.330 e. The summed E-state index contributed by atoms with van der Waals surface area (Å²) < 4.78 is 13.6. The minimum Gasteiger partial charge on any atom is -0.490 e. The van der Waals surface area contributed by atoms with Crippen LogP contribution in [0, 0.1) is 5.92 Å². The third-order valence-electron chi connectivity index (χ3n) is 4.78. The van der Waals surface area contributed by atoms with E-state index in [1.807, 2.05) is 45.9 Å². The molecular formula is C23H31N3O5. The van der Waals surface area contributed by atoms with E-state index in [0.717, 1.165) is 10.1 Å². The summed E-state index contributed by atoms with van der Waals surface area (Å²) in [5, 5.41) is 2.98. The van der Waals surface area contributed by atoms with Gasteiger partial charge in [0.2, 0.25) is 5.91 Å². The molecule has 0 aliphatic rings. The predicted molar refractivity (Wildman–Crippen MR) is 120 cm³/mol. The van der Waals surface area contributed by atoms with Crippen molar-refractivity contribution in [2.75, 3.05) is 13.2 Å². The van der Waals surface area contributed by atoms with Crippen molar-refractivity contribution in [3.63, 3.8) is 0 Å². The second-order valence-corrected chi connectivity index (χ2v) is 7.48. The lowest BCUT2D eigenvalue weighted by Gasteiger charge is -2.23. The molecule has 2 aromatic rings. The highest BCUT2D eigenvalue weighted by Crippen LogP contribution is 2.32. The van der Waals surface area contributed by atoms with E-state index < -0.39 is 11.2 Å². The first kappa shape index (κ1) is 24.0. The maximum Gasteiger partial charge on any atom is 0.330 e. The van der Waals surface area contributed by atoms with E-state index in [9.17, 15) is 14.4 Å². The van der Waals surface area contributed by atoms with Gasteiger partial charge in [-0.1, -0.05) is 19.9 Å². The fourth-order valence-electron chi connectivity index (χ4n) is 3.21. The van der Waals surface area contributed by atoms with Crippen LogP contribution in [0.15, 0.2) is 40.1 Å². The predicted octanol–water partition coefficient (Wildman–Crippen LogP) is 2.41. The number of amides is 1. The third-order valence-corrected chi connectivity index (χ3v) is 4.78. The average molecular weight is 430 g/mol. The maximum atomic E-state index is 12.6. The quantitative estimate of drug-likeness (QED) is 0.618. The normalized spacial score (nSPS) is 12.2. The highest BCUT2D eigenvalue weighted by molar-refractivity contribution is 5.91. The molecule has 1 heterocycles. The van der Waals surface area contributed by atoms with Gasteiger partial charge >= 0.3 is 5.69 Å². The molecule has 0 saturated heterocycles. The average Bonchev–Trinajstić information content (AvgIpc) is 2.73. The van der Waals surface area contributed by atoms with Gasteiger partial charge < -0.3 is 19.4 Å². The van der Waals surface area contributed by atoms with E-state index in [1.54, 1.807) is 7.05 Å². The van der Waals surface area contributed by atoms with Crippen molar-refractivity contribution in [2.45, 2.75) is 33.7 Å². The van der Waals surface area contributed by atoms with Crippen LogP contribution < -0.4 is 26.0 Å². The Kier molecular flexibility index (Phi) is 8.24. The van der Waals surface area contributed by atoms with E-state index in [1.165, 1.54) is 30.0 Å². The van der Waals surface area contributed by atoms with Crippen LogP contribution in [-0.2, 0) is 18.9 Å². The van der Waals surface area contributed by atoms with Gasteiger partial charge in [0.15, 0.2) is 11.5 Å². The van der Waals surface area contributed by atoms with Gasteiger partial charge in [-0.05, 0) is 43.5 Å². The van der Waals surface area contributed by atoms with Gasteiger partial charge in [0.25, 0.3) is 5.56 Å². The van der Waals surface area contributed by atoms with Crippen molar-refractivity contribution in [3.05, 3.63) is 62.4 Å². The van der Waals surface area contributed by atoms with Crippen molar-refractivity contribution in [2.24, 2.45) is 20.0 Å². The van der Waals surface area contributed by atoms with Crippen molar-refractivity contribution in [1.29, 1.82) is 0 Å².